The molecule has 0 bridgehead atoms. The number of hydrogen-bond acceptors (Lipinski definition) is 3. The minimum absolute atomic E-state index is 0.154. The van der Waals surface area contributed by atoms with E-state index in [1.165, 1.54) is 0 Å². The summed E-state index contributed by atoms with van der Waals surface area (Å²) in [5, 5.41) is 9.33. The predicted octanol–water partition coefficient (Wildman–Crippen LogP) is 2.20. The van der Waals surface area contributed by atoms with Gasteiger partial charge in [0.2, 0.25) is 5.91 Å². The molecule has 2 amide bonds. The van der Waals surface area contributed by atoms with Crippen LogP contribution >= 0.6 is 0 Å². The third-order valence-corrected chi connectivity index (χ3v) is 4.15. The van der Waals surface area contributed by atoms with Gasteiger partial charge in [-0.25, -0.2) is 0 Å². The van der Waals surface area contributed by atoms with Crippen molar-refractivity contribution in [3.05, 3.63) is 17.5 Å². The Labute approximate surface area is 137 Å². The number of carbonyl (C=O) groups is 2. The average Bonchev–Trinajstić information content (AvgIpc) is 2.96. The highest BCUT2D eigenvalue weighted by molar-refractivity contribution is 5.92. The highest BCUT2D eigenvalue weighted by Gasteiger charge is 2.47. The van der Waals surface area contributed by atoms with Crippen molar-refractivity contribution in [2.45, 2.75) is 57.8 Å². The van der Waals surface area contributed by atoms with Gasteiger partial charge in [-0.3, -0.25) is 14.7 Å². The highest BCUT2D eigenvalue weighted by Crippen LogP contribution is 2.32. The van der Waals surface area contributed by atoms with Crippen LogP contribution in [-0.2, 0) is 4.79 Å². The summed E-state index contributed by atoms with van der Waals surface area (Å²) in [5.41, 5.74) is 0.984. The van der Waals surface area contributed by atoms with Crippen LogP contribution < -0.4 is 5.32 Å². The first-order chi connectivity index (χ1) is 11.1. The fourth-order valence-corrected chi connectivity index (χ4v) is 2.79. The fraction of sp³-hybridized carbons (Fsp3) is 0.667. The van der Waals surface area contributed by atoms with Gasteiger partial charge in [-0.15, -0.1) is 0 Å². The van der Waals surface area contributed by atoms with E-state index in [1.54, 1.807) is 6.07 Å². The number of likely N-dealkylation sites (tertiary alicyclic amines) is 1. The van der Waals surface area contributed by atoms with Gasteiger partial charge in [-0.2, -0.15) is 18.3 Å². The standard InChI is InChI=1S/C15H21F3N4O2/c1-8(2)11-6-12(21-20-11)14(24)19-10-4-5-13(15(16,17)18)22(7-10)9(3)23/h6,8,10,13H,4-5,7H2,1-3H3,(H,19,24)(H,20,21). The molecule has 24 heavy (non-hydrogen) atoms. The van der Waals surface area contributed by atoms with Gasteiger partial charge in [0, 0.05) is 25.2 Å². The van der Waals surface area contributed by atoms with E-state index in [-0.39, 0.29) is 31.0 Å². The van der Waals surface area contributed by atoms with Crippen LogP contribution in [0.3, 0.4) is 0 Å². The van der Waals surface area contributed by atoms with Crippen molar-refractivity contribution >= 4 is 11.8 Å². The lowest BCUT2D eigenvalue weighted by atomic mass is 9.97. The molecular formula is C15H21F3N4O2. The molecule has 1 fully saturated rings. The second-order valence-corrected chi connectivity index (χ2v) is 6.34. The van der Waals surface area contributed by atoms with E-state index in [1.807, 2.05) is 13.8 Å². The smallest absolute Gasteiger partial charge is 0.346 e. The van der Waals surface area contributed by atoms with Crippen LogP contribution in [0.4, 0.5) is 13.2 Å². The number of nitrogens with one attached hydrogen (secondary N) is 2. The summed E-state index contributed by atoms with van der Waals surface area (Å²) in [6.07, 6.45) is -4.54. The van der Waals surface area contributed by atoms with Gasteiger partial charge >= 0.3 is 6.18 Å². The maximum absolute atomic E-state index is 13.0. The maximum Gasteiger partial charge on any atom is 0.408 e. The quantitative estimate of drug-likeness (QED) is 0.881. The highest BCUT2D eigenvalue weighted by atomic mass is 19.4. The molecule has 1 aliphatic heterocycles. The van der Waals surface area contributed by atoms with Crippen molar-refractivity contribution in [3.63, 3.8) is 0 Å². The van der Waals surface area contributed by atoms with Crippen LogP contribution in [0.5, 0.6) is 0 Å². The molecule has 1 aliphatic rings. The molecule has 0 aromatic carbocycles. The van der Waals surface area contributed by atoms with Crippen molar-refractivity contribution in [2.75, 3.05) is 6.54 Å². The Bertz CT molecular complexity index is 612. The fourth-order valence-electron chi connectivity index (χ4n) is 2.79. The molecule has 1 aromatic rings. The van der Waals surface area contributed by atoms with Crippen molar-refractivity contribution in [1.29, 1.82) is 0 Å². The molecule has 1 saturated heterocycles. The van der Waals surface area contributed by atoms with E-state index in [0.29, 0.717) is 0 Å². The number of carbonyl (C=O) groups excluding carboxylic acids is 2. The normalized spacial score (nSPS) is 21.9. The minimum atomic E-state index is -4.46. The summed E-state index contributed by atoms with van der Waals surface area (Å²) < 4.78 is 39.0. The SMILES string of the molecule is CC(=O)N1CC(NC(=O)c2cc(C(C)C)[nH]n2)CCC1C(F)(F)F. The summed E-state index contributed by atoms with van der Waals surface area (Å²) >= 11 is 0. The molecule has 134 valence electrons. The maximum atomic E-state index is 13.0. The first-order valence-corrected chi connectivity index (χ1v) is 7.79. The zero-order valence-corrected chi connectivity index (χ0v) is 13.8. The van der Waals surface area contributed by atoms with Gasteiger partial charge in [0.05, 0.1) is 0 Å². The Kier molecular flexibility index (Phi) is 5.19. The number of halogens is 3. The number of piperidine rings is 1. The molecule has 9 heteroatoms. The lowest BCUT2D eigenvalue weighted by Crippen LogP contribution is -2.57. The van der Waals surface area contributed by atoms with Gasteiger partial charge in [0.15, 0.2) is 0 Å². The van der Waals surface area contributed by atoms with E-state index in [9.17, 15) is 22.8 Å². The Morgan fingerprint density at radius 2 is 2.04 bits per heavy atom. The predicted molar refractivity (Wildman–Crippen MR) is 80.4 cm³/mol. The Morgan fingerprint density at radius 3 is 2.54 bits per heavy atom. The average molecular weight is 346 g/mol. The van der Waals surface area contributed by atoms with E-state index in [2.05, 4.69) is 15.5 Å². The van der Waals surface area contributed by atoms with E-state index < -0.39 is 30.1 Å². The minimum Gasteiger partial charge on any atom is -0.346 e. The Morgan fingerprint density at radius 1 is 1.38 bits per heavy atom. The molecule has 2 rings (SSSR count). The largest absolute Gasteiger partial charge is 0.408 e. The van der Waals surface area contributed by atoms with Crippen LogP contribution in [0.25, 0.3) is 0 Å². The molecule has 0 radical (unpaired) electrons. The van der Waals surface area contributed by atoms with Crippen LogP contribution in [-0.4, -0.2) is 51.7 Å². The van der Waals surface area contributed by atoms with Crippen LogP contribution in [0.1, 0.15) is 55.7 Å². The molecular weight excluding hydrogens is 325 g/mol. The van der Waals surface area contributed by atoms with E-state index in [0.717, 1.165) is 17.5 Å². The molecule has 6 nitrogen and oxygen atoms in total. The molecule has 2 unspecified atom stereocenters. The zero-order chi connectivity index (χ0) is 18.1. The van der Waals surface area contributed by atoms with Gasteiger partial charge in [0.1, 0.15) is 11.7 Å². The molecule has 2 N–H and O–H groups in total. The number of rotatable bonds is 3. The van der Waals surface area contributed by atoms with Crippen LogP contribution in [0.15, 0.2) is 6.07 Å². The first kappa shape index (κ1) is 18.3. The van der Waals surface area contributed by atoms with Crippen molar-refractivity contribution in [2.24, 2.45) is 0 Å². The van der Waals surface area contributed by atoms with Gasteiger partial charge in [-0.1, -0.05) is 13.8 Å². The summed E-state index contributed by atoms with van der Waals surface area (Å²) in [4.78, 5) is 24.5. The molecule has 0 saturated carbocycles. The second-order valence-electron chi connectivity index (χ2n) is 6.34. The van der Waals surface area contributed by atoms with Crippen molar-refractivity contribution in [3.8, 4) is 0 Å². The van der Waals surface area contributed by atoms with Crippen LogP contribution in [0.2, 0.25) is 0 Å². The second kappa shape index (κ2) is 6.82. The Hall–Kier alpha value is -2.06. The molecule has 0 spiro atoms. The summed E-state index contributed by atoms with van der Waals surface area (Å²) in [6, 6.07) is -0.704. The monoisotopic (exact) mass is 346 g/mol. The van der Waals surface area contributed by atoms with E-state index >= 15 is 0 Å². The number of alkyl halides is 3. The van der Waals surface area contributed by atoms with Gasteiger partial charge in [-0.05, 0) is 24.8 Å². The number of aromatic nitrogens is 2. The number of aromatic amines is 1. The number of nitrogens with zero attached hydrogens (tertiary/aromatic N) is 2. The van der Waals surface area contributed by atoms with Crippen LogP contribution in [0, 0.1) is 0 Å². The summed E-state index contributed by atoms with van der Waals surface area (Å²) in [6.45, 7) is 4.83. The molecule has 2 heterocycles. The lowest BCUT2D eigenvalue weighted by Gasteiger charge is -2.40. The first-order valence-electron chi connectivity index (χ1n) is 7.79. The Balaban J connectivity index is 2.03. The number of H-pyrrole nitrogens is 1. The third-order valence-electron chi connectivity index (χ3n) is 4.15. The third kappa shape index (κ3) is 4.07. The summed E-state index contributed by atoms with van der Waals surface area (Å²) in [5.74, 6) is -0.940. The lowest BCUT2D eigenvalue weighted by molar-refractivity contribution is -0.196. The summed E-state index contributed by atoms with van der Waals surface area (Å²) in [7, 11) is 0. The topological polar surface area (TPSA) is 78.1 Å². The van der Waals surface area contributed by atoms with Gasteiger partial charge < -0.3 is 10.2 Å². The van der Waals surface area contributed by atoms with E-state index in [4.69, 9.17) is 0 Å². The molecule has 2 atom stereocenters. The van der Waals surface area contributed by atoms with Crippen molar-refractivity contribution in [1.82, 2.24) is 20.4 Å². The van der Waals surface area contributed by atoms with Gasteiger partial charge in [0.25, 0.3) is 5.91 Å². The van der Waals surface area contributed by atoms with Crippen molar-refractivity contribution < 1.29 is 22.8 Å². The number of amides is 2. The zero-order valence-electron chi connectivity index (χ0n) is 13.8. The molecule has 1 aromatic heterocycles. The molecule has 0 aliphatic carbocycles. The number of hydrogen-bond donors (Lipinski definition) is 2.